The first kappa shape index (κ1) is 23.6. The van der Waals surface area contributed by atoms with Crippen molar-refractivity contribution in [3.05, 3.63) is 58.6 Å². The zero-order valence-corrected chi connectivity index (χ0v) is 19.0. The van der Waals surface area contributed by atoms with Gasteiger partial charge in [0.15, 0.2) is 11.5 Å². The summed E-state index contributed by atoms with van der Waals surface area (Å²) in [5, 5.41) is 3.29. The fourth-order valence-electron chi connectivity index (χ4n) is 3.77. The van der Waals surface area contributed by atoms with Crippen molar-refractivity contribution in [3.8, 4) is 11.5 Å². The molecule has 1 aliphatic heterocycles. The van der Waals surface area contributed by atoms with Crippen molar-refractivity contribution in [2.24, 2.45) is 11.7 Å². The summed E-state index contributed by atoms with van der Waals surface area (Å²) in [5.74, 6) is 0.455. The van der Waals surface area contributed by atoms with E-state index in [1.54, 1.807) is 18.2 Å². The van der Waals surface area contributed by atoms with Gasteiger partial charge < -0.3 is 20.5 Å². The topological polar surface area (TPSA) is 93.9 Å². The standard InChI is InChI=1S/C24H28ClN3O4/c1-31-21-14-16(13-20(25)23(21)32-2)6-7-22(29)27-19-5-3-4-17(12-19)15-28-10-8-18(9-11-28)24(26)30/h3-7,12-14,18H,8-11,15H2,1-2H3,(H2,26,30)(H,27,29)/b7-6+. The van der Waals surface area contributed by atoms with Crippen LogP contribution in [0.2, 0.25) is 5.02 Å². The van der Waals surface area contributed by atoms with E-state index in [0.717, 1.165) is 49.3 Å². The number of nitrogens with one attached hydrogen (secondary N) is 1. The van der Waals surface area contributed by atoms with Gasteiger partial charge in [-0.1, -0.05) is 23.7 Å². The maximum absolute atomic E-state index is 12.4. The number of amides is 2. The van der Waals surface area contributed by atoms with Crippen molar-refractivity contribution in [3.63, 3.8) is 0 Å². The number of rotatable bonds is 8. The van der Waals surface area contributed by atoms with Gasteiger partial charge in [0.05, 0.1) is 19.2 Å². The Labute approximate surface area is 193 Å². The van der Waals surface area contributed by atoms with Crippen molar-refractivity contribution in [2.75, 3.05) is 32.6 Å². The van der Waals surface area contributed by atoms with E-state index in [4.69, 9.17) is 26.8 Å². The lowest BCUT2D eigenvalue weighted by Gasteiger charge is -2.30. The summed E-state index contributed by atoms with van der Waals surface area (Å²) in [6.07, 6.45) is 4.68. The number of carbonyl (C=O) groups excluding carboxylic acids is 2. The molecule has 1 aliphatic rings. The Kier molecular flexibility index (Phi) is 8.14. The third kappa shape index (κ3) is 6.24. The highest BCUT2D eigenvalue weighted by molar-refractivity contribution is 6.32. The van der Waals surface area contributed by atoms with E-state index in [0.29, 0.717) is 16.5 Å². The first-order valence-corrected chi connectivity index (χ1v) is 10.8. The van der Waals surface area contributed by atoms with Gasteiger partial charge in [0, 0.05) is 24.2 Å². The Bertz CT molecular complexity index is 1000. The molecule has 8 heteroatoms. The smallest absolute Gasteiger partial charge is 0.248 e. The van der Waals surface area contributed by atoms with Crippen LogP contribution < -0.4 is 20.5 Å². The fraction of sp³-hybridized carbons (Fsp3) is 0.333. The van der Waals surface area contributed by atoms with Gasteiger partial charge in [0.25, 0.3) is 0 Å². The molecule has 0 aliphatic carbocycles. The van der Waals surface area contributed by atoms with Crippen LogP contribution >= 0.6 is 11.6 Å². The third-order valence-corrected chi connectivity index (χ3v) is 5.75. The molecule has 0 radical (unpaired) electrons. The van der Waals surface area contributed by atoms with Crippen LogP contribution in [0.5, 0.6) is 11.5 Å². The highest BCUT2D eigenvalue weighted by Crippen LogP contribution is 2.36. The van der Waals surface area contributed by atoms with Crippen molar-refractivity contribution in [1.82, 2.24) is 4.90 Å². The minimum atomic E-state index is -0.254. The number of piperidine rings is 1. The summed E-state index contributed by atoms with van der Waals surface area (Å²) >= 11 is 6.21. The maximum Gasteiger partial charge on any atom is 0.248 e. The van der Waals surface area contributed by atoms with E-state index >= 15 is 0 Å². The van der Waals surface area contributed by atoms with Crippen molar-refractivity contribution < 1.29 is 19.1 Å². The summed E-state index contributed by atoms with van der Waals surface area (Å²) in [6.45, 7) is 2.43. The second-order valence-corrected chi connectivity index (χ2v) is 8.12. The number of primary amides is 1. The van der Waals surface area contributed by atoms with Crippen LogP contribution in [-0.2, 0) is 16.1 Å². The summed E-state index contributed by atoms with van der Waals surface area (Å²) in [5.41, 5.74) is 7.94. The molecular weight excluding hydrogens is 430 g/mol. The number of ether oxygens (including phenoxy) is 2. The minimum Gasteiger partial charge on any atom is -0.493 e. The average molecular weight is 458 g/mol. The summed E-state index contributed by atoms with van der Waals surface area (Å²) in [7, 11) is 3.05. The van der Waals surface area contributed by atoms with E-state index in [2.05, 4.69) is 10.2 Å². The SMILES string of the molecule is COc1cc(/C=C/C(=O)Nc2cccc(CN3CCC(C(N)=O)CC3)c2)cc(Cl)c1OC. The van der Waals surface area contributed by atoms with Crippen LogP contribution in [0.25, 0.3) is 6.08 Å². The molecule has 1 saturated heterocycles. The Balaban J connectivity index is 1.59. The number of hydrogen-bond acceptors (Lipinski definition) is 5. The molecule has 2 aromatic carbocycles. The highest BCUT2D eigenvalue weighted by atomic mass is 35.5. The molecule has 0 bridgehead atoms. The normalized spacial score (nSPS) is 15.0. The number of methoxy groups -OCH3 is 2. The number of nitrogens with two attached hydrogens (primary N) is 1. The first-order valence-electron chi connectivity index (χ1n) is 10.4. The largest absolute Gasteiger partial charge is 0.493 e. The van der Waals surface area contributed by atoms with Gasteiger partial charge >= 0.3 is 0 Å². The van der Waals surface area contributed by atoms with Crippen LogP contribution in [0.15, 0.2) is 42.5 Å². The lowest BCUT2D eigenvalue weighted by atomic mass is 9.96. The molecule has 170 valence electrons. The molecule has 0 saturated carbocycles. The van der Waals surface area contributed by atoms with Crippen LogP contribution in [0, 0.1) is 5.92 Å². The molecule has 1 fully saturated rings. The Hall–Kier alpha value is -3.03. The minimum absolute atomic E-state index is 0.0239. The third-order valence-electron chi connectivity index (χ3n) is 5.47. The molecule has 3 rings (SSSR count). The number of halogens is 1. The number of benzene rings is 2. The van der Waals surface area contributed by atoms with Gasteiger partial charge in [-0.05, 0) is 67.4 Å². The zero-order chi connectivity index (χ0) is 23.1. The molecular formula is C24H28ClN3O4. The predicted molar refractivity (Wildman–Crippen MR) is 126 cm³/mol. The summed E-state index contributed by atoms with van der Waals surface area (Å²) < 4.78 is 10.5. The van der Waals surface area contributed by atoms with Crippen molar-refractivity contribution >= 4 is 35.2 Å². The number of carbonyl (C=O) groups is 2. The van der Waals surface area contributed by atoms with E-state index < -0.39 is 0 Å². The summed E-state index contributed by atoms with van der Waals surface area (Å²) in [6, 6.07) is 11.2. The van der Waals surface area contributed by atoms with Gasteiger partial charge in [0.1, 0.15) is 0 Å². The lowest BCUT2D eigenvalue weighted by Crippen LogP contribution is -2.38. The molecule has 0 aromatic heterocycles. The van der Waals surface area contributed by atoms with E-state index in [1.165, 1.54) is 20.3 Å². The van der Waals surface area contributed by atoms with Crippen LogP contribution in [0.3, 0.4) is 0 Å². The van der Waals surface area contributed by atoms with E-state index in [1.807, 2.05) is 24.3 Å². The predicted octanol–water partition coefficient (Wildman–Crippen LogP) is 3.71. The number of hydrogen-bond donors (Lipinski definition) is 2. The van der Waals surface area contributed by atoms with Gasteiger partial charge in [0.2, 0.25) is 11.8 Å². The van der Waals surface area contributed by atoms with Crippen LogP contribution in [0.4, 0.5) is 5.69 Å². The quantitative estimate of drug-likeness (QED) is 0.589. The maximum atomic E-state index is 12.4. The average Bonchev–Trinajstić information content (AvgIpc) is 2.78. The number of nitrogens with zero attached hydrogens (tertiary/aromatic N) is 1. The highest BCUT2D eigenvalue weighted by Gasteiger charge is 2.23. The first-order chi connectivity index (χ1) is 15.4. The van der Waals surface area contributed by atoms with Gasteiger partial charge in [-0.3, -0.25) is 14.5 Å². The Morgan fingerprint density at radius 2 is 1.94 bits per heavy atom. The molecule has 3 N–H and O–H groups in total. The van der Waals surface area contributed by atoms with Crippen LogP contribution in [-0.4, -0.2) is 44.0 Å². The lowest BCUT2D eigenvalue weighted by molar-refractivity contribution is -0.123. The molecule has 32 heavy (non-hydrogen) atoms. The van der Waals surface area contributed by atoms with Crippen molar-refractivity contribution in [2.45, 2.75) is 19.4 Å². The van der Waals surface area contributed by atoms with Gasteiger partial charge in [-0.15, -0.1) is 0 Å². The molecule has 2 amide bonds. The molecule has 0 atom stereocenters. The molecule has 1 heterocycles. The second kappa shape index (κ2) is 11.0. The van der Waals surface area contributed by atoms with E-state index in [9.17, 15) is 9.59 Å². The van der Waals surface area contributed by atoms with E-state index in [-0.39, 0.29) is 17.7 Å². The fourth-order valence-corrected chi connectivity index (χ4v) is 4.07. The second-order valence-electron chi connectivity index (χ2n) is 7.71. The molecule has 0 unspecified atom stereocenters. The zero-order valence-electron chi connectivity index (χ0n) is 18.3. The number of anilines is 1. The number of likely N-dealkylation sites (tertiary alicyclic amines) is 1. The molecule has 2 aromatic rings. The Morgan fingerprint density at radius 3 is 2.59 bits per heavy atom. The molecule has 0 spiro atoms. The Morgan fingerprint density at radius 1 is 1.19 bits per heavy atom. The van der Waals surface area contributed by atoms with Gasteiger partial charge in [-0.2, -0.15) is 0 Å². The summed E-state index contributed by atoms with van der Waals surface area (Å²) in [4.78, 5) is 26.0. The van der Waals surface area contributed by atoms with Gasteiger partial charge in [-0.25, -0.2) is 0 Å². The van der Waals surface area contributed by atoms with Crippen LogP contribution in [0.1, 0.15) is 24.0 Å². The molecule has 7 nitrogen and oxygen atoms in total. The monoisotopic (exact) mass is 457 g/mol. The van der Waals surface area contributed by atoms with Crippen molar-refractivity contribution in [1.29, 1.82) is 0 Å².